The van der Waals surface area contributed by atoms with Gasteiger partial charge in [0.15, 0.2) is 0 Å². The molecule has 1 N–H and O–H groups in total. The molecule has 112 valence electrons. The summed E-state index contributed by atoms with van der Waals surface area (Å²) in [7, 11) is -0.488. The minimum absolute atomic E-state index is 0.176. The highest BCUT2D eigenvalue weighted by molar-refractivity contribution is 7.89. The van der Waals surface area contributed by atoms with E-state index in [9.17, 15) is 8.42 Å². The third-order valence-corrected chi connectivity index (χ3v) is 4.38. The van der Waals surface area contributed by atoms with Crippen molar-refractivity contribution < 1.29 is 17.9 Å². The molecule has 5 nitrogen and oxygen atoms in total. The normalized spacial score (nSPS) is 11.1. The van der Waals surface area contributed by atoms with Crippen LogP contribution in [0.2, 0.25) is 0 Å². The highest BCUT2D eigenvalue weighted by Gasteiger charge is 2.14. The molecule has 0 aromatic heterocycles. The van der Waals surface area contributed by atoms with Crippen LogP contribution in [0.5, 0.6) is 11.5 Å². The van der Waals surface area contributed by atoms with Crippen molar-refractivity contribution in [3.8, 4) is 11.5 Å². The molecular weight excluding hydrogens is 290 g/mol. The zero-order valence-electron chi connectivity index (χ0n) is 11.9. The SMILES string of the molecule is COc1ccc(CNS(=O)(=O)c2cccc(OC)c2)cc1. The Morgan fingerprint density at radius 3 is 2.24 bits per heavy atom. The van der Waals surface area contributed by atoms with E-state index >= 15 is 0 Å². The molecule has 0 unspecified atom stereocenters. The molecule has 2 rings (SSSR count). The monoisotopic (exact) mass is 307 g/mol. The number of ether oxygens (including phenoxy) is 2. The molecule has 0 aliphatic heterocycles. The van der Waals surface area contributed by atoms with E-state index in [1.54, 1.807) is 31.4 Å². The van der Waals surface area contributed by atoms with Crippen LogP contribution >= 0.6 is 0 Å². The Balaban J connectivity index is 2.09. The zero-order valence-corrected chi connectivity index (χ0v) is 12.7. The maximum Gasteiger partial charge on any atom is 0.241 e. The van der Waals surface area contributed by atoms with Crippen LogP contribution in [0.15, 0.2) is 53.4 Å². The molecule has 6 heteroatoms. The van der Waals surface area contributed by atoms with Crippen LogP contribution in [-0.4, -0.2) is 22.6 Å². The molecular formula is C15H17NO4S. The average Bonchev–Trinajstić information content (AvgIpc) is 2.53. The summed E-state index contributed by atoms with van der Waals surface area (Å²) in [5, 5.41) is 0. The minimum Gasteiger partial charge on any atom is -0.497 e. The molecule has 2 aromatic rings. The van der Waals surface area contributed by atoms with Crippen LogP contribution in [0.1, 0.15) is 5.56 Å². The van der Waals surface area contributed by atoms with Crippen molar-refractivity contribution in [2.75, 3.05) is 14.2 Å². The molecule has 0 saturated heterocycles. The molecule has 0 saturated carbocycles. The van der Waals surface area contributed by atoms with Crippen LogP contribution in [0, 0.1) is 0 Å². The summed E-state index contributed by atoms with van der Waals surface area (Å²) in [6, 6.07) is 13.5. The largest absolute Gasteiger partial charge is 0.497 e. The van der Waals surface area contributed by atoms with E-state index < -0.39 is 10.0 Å². The molecule has 21 heavy (non-hydrogen) atoms. The number of nitrogens with one attached hydrogen (secondary N) is 1. The molecule has 0 spiro atoms. The Labute approximate surface area is 124 Å². The lowest BCUT2D eigenvalue weighted by Gasteiger charge is -2.08. The lowest BCUT2D eigenvalue weighted by atomic mass is 10.2. The third kappa shape index (κ3) is 3.96. The fraction of sp³-hybridized carbons (Fsp3) is 0.200. The summed E-state index contributed by atoms with van der Waals surface area (Å²) >= 11 is 0. The highest BCUT2D eigenvalue weighted by atomic mass is 32.2. The Morgan fingerprint density at radius 1 is 0.952 bits per heavy atom. The first-order valence-corrected chi connectivity index (χ1v) is 7.80. The van der Waals surface area contributed by atoms with Gasteiger partial charge in [-0.3, -0.25) is 0 Å². The van der Waals surface area contributed by atoms with Crippen molar-refractivity contribution in [1.82, 2.24) is 4.72 Å². The number of benzene rings is 2. The molecule has 0 fully saturated rings. The molecule has 0 heterocycles. The van der Waals surface area contributed by atoms with E-state index in [4.69, 9.17) is 9.47 Å². The first-order chi connectivity index (χ1) is 10.0. The van der Waals surface area contributed by atoms with Crippen LogP contribution in [0.4, 0.5) is 0 Å². The second-order valence-corrected chi connectivity index (χ2v) is 6.12. The van der Waals surface area contributed by atoms with Gasteiger partial charge in [0.1, 0.15) is 11.5 Å². The topological polar surface area (TPSA) is 64.6 Å². The average molecular weight is 307 g/mol. The van der Waals surface area contributed by atoms with E-state index in [1.165, 1.54) is 19.2 Å². The summed E-state index contributed by atoms with van der Waals surface area (Å²) in [5.74, 6) is 1.23. The lowest BCUT2D eigenvalue weighted by Crippen LogP contribution is -2.23. The molecule has 0 amide bonds. The summed E-state index contributed by atoms with van der Waals surface area (Å²) < 4.78 is 37.1. The molecule has 0 bridgehead atoms. The maximum absolute atomic E-state index is 12.2. The molecule has 0 aliphatic rings. The third-order valence-electron chi connectivity index (χ3n) is 2.98. The van der Waals surface area contributed by atoms with Gasteiger partial charge in [-0.2, -0.15) is 0 Å². The minimum atomic E-state index is -3.57. The fourth-order valence-corrected chi connectivity index (χ4v) is 2.83. The van der Waals surface area contributed by atoms with Crippen molar-refractivity contribution in [2.24, 2.45) is 0 Å². The molecule has 0 aliphatic carbocycles. The van der Waals surface area contributed by atoms with Gasteiger partial charge in [0.25, 0.3) is 0 Å². The lowest BCUT2D eigenvalue weighted by molar-refractivity contribution is 0.413. The summed E-state index contributed by atoms with van der Waals surface area (Å²) in [6.45, 7) is 0.212. The number of rotatable bonds is 6. The summed E-state index contributed by atoms with van der Waals surface area (Å²) in [4.78, 5) is 0.176. The van der Waals surface area contributed by atoms with Crippen LogP contribution < -0.4 is 14.2 Å². The van der Waals surface area contributed by atoms with E-state index in [0.29, 0.717) is 5.75 Å². The van der Waals surface area contributed by atoms with Crippen molar-refractivity contribution in [1.29, 1.82) is 0 Å². The van der Waals surface area contributed by atoms with Crippen molar-refractivity contribution in [2.45, 2.75) is 11.4 Å². The van der Waals surface area contributed by atoms with Gasteiger partial charge < -0.3 is 9.47 Å². The molecule has 2 aromatic carbocycles. The van der Waals surface area contributed by atoms with Gasteiger partial charge in [-0.1, -0.05) is 18.2 Å². The summed E-state index contributed by atoms with van der Waals surface area (Å²) in [5.41, 5.74) is 0.849. The number of hydrogen-bond acceptors (Lipinski definition) is 4. The quantitative estimate of drug-likeness (QED) is 0.888. The predicted octanol–water partition coefficient (Wildman–Crippen LogP) is 2.18. The van der Waals surface area contributed by atoms with E-state index in [2.05, 4.69) is 4.72 Å². The van der Waals surface area contributed by atoms with Gasteiger partial charge in [-0.05, 0) is 29.8 Å². The van der Waals surface area contributed by atoms with E-state index in [0.717, 1.165) is 11.3 Å². The molecule has 0 atom stereocenters. The predicted molar refractivity (Wildman–Crippen MR) is 80.0 cm³/mol. The van der Waals surface area contributed by atoms with Gasteiger partial charge in [-0.15, -0.1) is 0 Å². The smallest absolute Gasteiger partial charge is 0.241 e. The second kappa shape index (κ2) is 6.60. The van der Waals surface area contributed by atoms with E-state index in [-0.39, 0.29) is 11.4 Å². The van der Waals surface area contributed by atoms with Gasteiger partial charge in [-0.25, -0.2) is 13.1 Å². The van der Waals surface area contributed by atoms with Gasteiger partial charge in [0, 0.05) is 12.6 Å². The number of hydrogen-bond donors (Lipinski definition) is 1. The van der Waals surface area contributed by atoms with Crippen LogP contribution in [0.3, 0.4) is 0 Å². The fourth-order valence-electron chi connectivity index (χ4n) is 1.77. The highest BCUT2D eigenvalue weighted by Crippen LogP contribution is 2.17. The van der Waals surface area contributed by atoms with Gasteiger partial charge in [0.05, 0.1) is 19.1 Å². The van der Waals surface area contributed by atoms with Crippen molar-refractivity contribution in [3.63, 3.8) is 0 Å². The maximum atomic E-state index is 12.2. The second-order valence-electron chi connectivity index (χ2n) is 4.35. The van der Waals surface area contributed by atoms with Crippen LogP contribution in [-0.2, 0) is 16.6 Å². The number of methoxy groups -OCH3 is 2. The first-order valence-electron chi connectivity index (χ1n) is 6.32. The Hall–Kier alpha value is -2.05. The standard InChI is InChI=1S/C15H17NO4S/c1-19-13-8-6-12(7-9-13)11-16-21(17,18)15-5-3-4-14(10-15)20-2/h3-10,16H,11H2,1-2H3. The first kappa shape index (κ1) is 15.3. The van der Waals surface area contributed by atoms with Gasteiger partial charge >= 0.3 is 0 Å². The van der Waals surface area contributed by atoms with Gasteiger partial charge in [0.2, 0.25) is 10.0 Å². The van der Waals surface area contributed by atoms with E-state index in [1.807, 2.05) is 12.1 Å². The molecule has 0 radical (unpaired) electrons. The summed E-state index contributed by atoms with van der Waals surface area (Å²) in [6.07, 6.45) is 0. The Bertz CT molecular complexity index is 696. The van der Waals surface area contributed by atoms with Crippen molar-refractivity contribution in [3.05, 3.63) is 54.1 Å². The Morgan fingerprint density at radius 2 is 1.62 bits per heavy atom. The number of sulfonamides is 1. The zero-order chi connectivity index (χ0) is 15.3. The van der Waals surface area contributed by atoms with Crippen molar-refractivity contribution >= 4 is 10.0 Å². The Kier molecular flexibility index (Phi) is 4.82. The van der Waals surface area contributed by atoms with Crippen LogP contribution in [0.25, 0.3) is 0 Å².